The van der Waals surface area contributed by atoms with Gasteiger partial charge in [0.25, 0.3) is 0 Å². The number of halogens is 1. The first-order valence-electron chi connectivity index (χ1n) is 6.05. The van der Waals surface area contributed by atoms with E-state index in [0.717, 1.165) is 17.7 Å². The highest BCUT2D eigenvalue weighted by Crippen LogP contribution is 2.13. The average Bonchev–Trinajstić information content (AvgIpc) is 2.41. The van der Waals surface area contributed by atoms with Crippen LogP contribution < -0.4 is 5.32 Å². The fraction of sp³-hybridized carbons (Fsp3) is 0.267. The molecule has 0 radical (unpaired) electrons. The van der Waals surface area contributed by atoms with Crippen molar-refractivity contribution in [3.8, 4) is 0 Å². The van der Waals surface area contributed by atoms with Crippen LogP contribution in [0.15, 0.2) is 42.7 Å². The monoisotopic (exact) mass is 244 g/mol. The zero-order chi connectivity index (χ0) is 13.0. The van der Waals surface area contributed by atoms with E-state index >= 15 is 0 Å². The zero-order valence-electron chi connectivity index (χ0n) is 10.7. The minimum absolute atomic E-state index is 0.154. The summed E-state index contributed by atoms with van der Waals surface area (Å²) in [6, 6.07) is 9.39. The highest BCUT2D eigenvalue weighted by molar-refractivity contribution is 5.24. The van der Waals surface area contributed by atoms with Crippen LogP contribution in [-0.2, 0) is 6.54 Å². The molecule has 0 aliphatic carbocycles. The van der Waals surface area contributed by atoms with Gasteiger partial charge < -0.3 is 5.32 Å². The zero-order valence-corrected chi connectivity index (χ0v) is 10.7. The van der Waals surface area contributed by atoms with E-state index < -0.39 is 0 Å². The smallest absolute Gasteiger partial charge is 0.126 e. The van der Waals surface area contributed by atoms with Gasteiger partial charge in [-0.15, -0.1) is 0 Å². The van der Waals surface area contributed by atoms with Gasteiger partial charge in [-0.25, -0.2) is 4.39 Å². The fourth-order valence-electron chi connectivity index (χ4n) is 1.84. The molecule has 0 fully saturated rings. The van der Waals surface area contributed by atoms with Crippen LogP contribution in [0.5, 0.6) is 0 Å². The molecule has 1 atom stereocenters. The Morgan fingerprint density at radius 2 is 2.17 bits per heavy atom. The van der Waals surface area contributed by atoms with E-state index in [1.165, 1.54) is 6.07 Å². The number of nitrogens with zero attached hydrogens (tertiary/aromatic N) is 1. The number of pyridine rings is 1. The van der Waals surface area contributed by atoms with Crippen molar-refractivity contribution in [1.82, 2.24) is 10.3 Å². The van der Waals surface area contributed by atoms with Crippen LogP contribution in [0.1, 0.15) is 29.7 Å². The average molecular weight is 244 g/mol. The van der Waals surface area contributed by atoms with Crippen molar-refractivity contribution in [3.05, 3.63) is 65.2 Å². The van der Waals surface area contributed by atoms with Gasteiger partial charge in [-0.2, -0.15) is 0 Å². The standard InChI is InChI=1S/C15H17FN2/c1-11-8-13(5-6-15(11)16)9-18-12(2)14-4-3-7-17-10-14/h3-8,10,12,18H,9H2,1-2H3/t12-/m0/s1. The molecule has 0 aliphatic rings. The van der Waals surface area contributed by atoms with Gasteiger partial charge in [0.05, 0.1) is 0 Å². The molecule has 2 rings (SSSR count). The molecule has 0 unspecified atom stereocenters. The largest absolute Gasteiger partial charge is 0.306 e. The fourth-order valence-corrected chi connectivity index (χ4v) is 1.84. The van der Waals surface area contributed by atoms with Gasteiger partial charge in [0.15, 0.2) is 0 Å². The Morgan fingerprint density at radius 3 is 2.83 bits per heavy atom. The van der Waals surface area contributed by atoms with E-state index in [-0.39, 0.29) is 11.9 Å². The summed E-state index contributed by atoms with van der Waals surface area (Å²) in [5.41, 5.74) is 2.92. The first-order valence-corrected chi connectivity index (χ1v) is 6.05. The van der Waals surface area contributed by atoms with Crippen molar-refractivity contribution in [1.29, 1.82) is 0 Å². The normalized spacial score (nSPS) is 12.4. The summed E-state index contributed by atoms with van der Waals surface area (Å²) in [5.74, 6) is -0.154. The molecule has 0 spiro atoms. The van der Waals surface area contributed by atoms with Crippen LogP contribution in [0.3, 0.4) is 0 Å². The van der Waals surface area contributed by atoms with E-state index in [0.29, 0.717) is 5.56 Å². The summed E-state index contributed by atoms with van der Waals surface area (Å²) in [4.78, 5) is 4.10. The molecule has 18 heavy (non-hydrogen) atoms. The number of aryl methyl sites for hydroxylation is 1. The van der Waals surface area contributed by atoms with Crippen molar-refractivity contribution < 1.29 is 4.39 Å². The van der Waals surface area contributed by atoms with Gasteiger partial charge in [0.2, 0.25) is 0 Å². The lowest BCUT2D eigenvalue weighted by Crippen LogP contribution is -2.18. The molecule has 0 amide bonds. The Balaban J connectivity index is 1.97. The van der Waals surface area contributed by atoms with Crippen molar-refractivity contribution in [3.63, 3.8) is 0 Å². The molecule has 3 heteroatoms. The number of hydrogen-bond donors (Lipinski definition) is 1. The van der Waals surface area contributed by atoms with Crippen LogP contribution in [-0.4, -0.2) is 4.98 Å². The van der Waals surface area contributed by atoms with E-state index in [1.54, 1.807) is 13.1 Å². The second-order valence-electron chi connectivity index (χ2n) is 4.47. The van der Waals surface area contributed by atoms with Crippen molar-refractivity contribution in [2.45, 2.75) is 26.4 Å². The molecule has 0 saturated carbocycles. The molecule has 2 nitrogen and oxygen atoms in total. The lowest BCUT2D eigenvalue weighted by Gasteiger charge is -2.14. The Labute approximate surface area is 107 Å². The van der Waals surface area contributed by atoms with Crippen molar-refractivity contribution in [2.75, 3.05) is 0 Å². The van der Waals surface area contributed by atoms with Gasteiger partial charge in [0, 0.05) is 25.0 Å². The SMILES string of the molecule is Cc1cc(CN[C@@H](C)c2cccnc2)ccc1F. The quantitative estimate of drug-likeness (QED) is 0.891. The molecule has 1 aromatic heterocycles. The molecular formula is C15H17FN2. The summed E-state index contributed by atoms with van der Waals surface area (Å²) in [7, 11) is 0. The number of nitrogens with one attached hydrogen (secondary N) is 1. The molecule has 2 aromatic rings. The molecule has 1 aromatic carbocycles. The predicted octanol–water partition coefficient (Wildman–Crippen LogP) is 3.38. The number of aromatic nitrogens is 1. The van der Waals surface area contributed by atoms with Crippen molar-refractivity contribution in [2.24, 2.45) is 0 Å². The van der Waals surface area contributed by atoms with Crippen LogP contribution in [0.25, 0.3) is 0 Å². The molecule has 0 saturated heterocycles. The summed E-state index contributed by atoms with van der Waals surface area (Å²) in [6.45, 7) is 4.59. The third-order valence-corrected chi connectivity index (χ3v) is 3.02. The minimum atomic E-state index is -0.154. The van der Waals surface area contributed by atoms with Crippen LogP contribution in [0.4, 0.5) is 4.39 Å². The molecule has 94 valence electrons. The Bertz CT molecular complexity index is 511. The van der Waals surface area contributed by atoms with E-state index in [9.17, 15) is 4.39 Å². The Hall–Kier alpha value is -1.74. The number of benzene rings is 1. The number of hydrogen-bond acceptors (Lipinski definition) is 2. The van der Waals surface area contributed by atoms with Gasteiger partial charge in [-0.1, -0.05) is 18.2 Å². The first kappa shape index (κ1) is 12.7. The number of rotatable bonds is 4. The summed E-state index contributed by atoms with van der Waals surface area (Å²) >= 11 is 0. The lowest BCUT2D eigenvalue weighted by molar-refractivity contribution is 0.570. The van der Waals surface area contributed by atoms with Gasteiger partial charge >= 0.3 is 0 Å². The Kier molecular flexibility index (Phi) is 4.05. The molecular weight excluding hydrogens is 227 g/mol. The van der Waals surface area contributed by atoms with Crippen LogP contribution >= 0.6 is 0 Å². The predicted molar refractivity (Wildman–Crippen MR) is 70.6 cm³/mol. The van der Waals surface area contributed by atoms with Gasteiger partial charge in [-0.3, -0.25) is 4.98 Å². The summed E-state index contributed by atoms with van der Waals surface area (Å²) in [5, 5.41) is 3.40. The van der Waals surface area contributed by atoms with Crippen molar-refractivity contribution >= 4 is 0 Å². The van der Waals surface area contributed by atoms with Crippen LogP contribution in [0, 0.1) is 12.7 Å². The van der Waals surface area contributed by atoms with E-state index in [2.05, 4.69) is 17.2 Å². The van der Waals surface area contributed by atoms with Gasteiger partial charge in [-0.05, 0) is 42.7 Å². The third-order valence-electron chi connectivity index (χ3n) is 3.02. The molecule has 0 bridgehead atoms. The highest BCUT2D eigenvalue weighted by atomic mass is 19.1. The maximum Gasteiger partial charge on any atom is 0.126 e. The van der Waals surface area contributed by atoms with E-state index in [4.69, 9.17) is 0 Å². The second kappa shape index (κ2) is 5.74. The summed E-state index contributed by atoms with van der Waals surface area (Å²) < 4.78 is 13.1. The maximum absolute atomic E-state index is 13.1. The summed E-state index contributed by atoms with van der Waals surface area (Å²) in [6.07, 6.45) is 3.62. The lowest BCUT2D eigenvalue weighted by atomic mass is 10.1. The Morgan fingerprint density at radius 1 is 1.33 bits per heavy atom. The second-order valence-corrected chi connectivity index (χ2v) is 4.47. The third kappa shape index (κ3) is 3.14. The van der Waals surface area contributed by atoms with Crippen LogP contribution in [0.2, 0.25) is 0 Å². The maximum atomic E-state index is 13.1. The van der Waals surface area contributed by atoms with Gasteiger partial charge in [0.1, 0.15) is 5.82 Å². The minimum Gasteiger partial charge on any atom is -0.306 e. The highest BCUT2D eigenvalue weighted by Gasteiger charge is 2.05. The van der Waals surface area contributed by atoms with E-state index in [1.807, 2.05) is 30.5 Å². The molecule has 1 N–H and O–H groups in total. The first-order chi connectivity index (χ1) is 8.66. The molecule has 0 aliphatic heterocycles. The topological polar surface area (TPSA) is 24.9 Å². The molecule has 1 heterocycles.